The number of aromatic nitrogens is 3. The van der Waals surface area contributed by atoms with Gasteiger partial charge in [-0.1, -0.05) is 24.3 Å². The van der Waals surface area contributed by atoms with Crippen LogP contribution in [0.5, 0.6) is 0 Å². The van der Waals surface area contributed by atoms with Crippen molar-refractivity contribution in [2.45, 2.75) is 25.3 Å². The van der Waals surface area contributed by atoms with Crippen molar-refractivity contribution < 1.29 is 13.2 Å². The predicted octanol–water partition coefficient (Wildman–Crippen LogP) is 0.376. The van der Waals surface area contributed by atoms with Gasteiger partial charge in [0.05, 0.1) is 6.54 Å². The van der Waals surface area contributed by atoms with Crippen LogP contribution in [-0.2, 0) is 27.7 Å². The Morgan fingerprint density at radius 3 is 2.59 bits per heavy atom. The molecule has 22 heavy (non-hydrogen) atoms. The van der Waals surface area contributed by atoms with Gasteiger partial charge in [0, 0.05) is 12.8 Å². The molecule has 1 aromatic carbocycles. The first-order valence-electron chi connectivity index (χ1n) is 6.73. The largest absolute Gasteiger partial charge is 0.351 e. The van der Waals surface area contributed by atoms with Gasteiger partial charge < -0.3 is 5.32 Å². The molecule has 0 fully saturated rings. The second-order valence-corrected chi connectivity index (χ2v) is 7.42. The van der Waals surface area contributed by atoms with E-state index in [2.05, 4.69) is 15.4 Å². The minimum Gasteiger partial charge on any atom is -0.351 e. The monoisotopic (exact) mass is 322 g/mol. The molecule has 0 bridgehead atoms. The number of nitrogens with one attached hydrogen (secondary N) is 1. The third-order valence-corrected chi connectivity index (χ3v) is 4.88. The number of rotatable bonds is 6. The van der Waals surface area contributed by atoms with E-state index in [0.29, 0.717) is 6.54 Å². The lowest BCUT2D eigenvalue weighted by atomic mass is 10.1. The lowest BCUT2D eigenvalue weighted by molar-refractivity contribution is -0.120. The summed E-state index contributed by atoms with van der Waals surface area (Å²) in [7, 11) is -3.39. The third-order valence-electron chi connectivity index (χ3n) is 3.38. The second kappa shape index (κ2) is 6.69. The minimum absolute atomic E-state index is 0.267. The maximum atomic E-state index is 11.9. The van der Waals surface area contributed by atoms with E-state index in [-0.39, 0.29) is 6.54 Å². The highest BCUT2D eigenvalue weighted by Gasteiger charge is 2.23. The smallest absolute Gasteiger partial charge is 0.238 e. The van der Waals surface area contributed by atoms with Crippen LogP contribution in [0.4, 0.5) is 0 Å². The lowest BCUT2D eigenvalue weighted by Gasteiger charge is -2.13. The average molecular weight is 322 g/mol. The number of hydrogen-bond acceptors (Lipinski definition) is 5. The van der Waals surface area contributed by atoms with Crippen molar-refractivity contribution in [1.29, 1.82) is 0 Å². The molecule has 1 aromatic heterocycles. The number of benzene rings is 1. The Labute approximate surface area is 129 Å². The van der Waals surface area contributed by atoms with E-state index in [9.17, 15) is 13.2 Å². The van der Waals surface area contributed by atoms with Gasteiger partial charge in [0.25, 0.3) is 0 Å². The fourth-order valence-electron chi connectivity index (χ4n) is 1.89. The van der Waals surface area contributed by atoms with Gasteiger partial charge >= 0.3 is 0 Å². The van der Waals surface area contributed by atoms with Crippen molar-refractivity contribution >= 4 is 15.7 Å². The van der Waals surface area contributed by atoms with E-state index < -0.39 is 21.0 Å². The van der Waals surface area contributed by atoms with Crippen LogP contribution in [0.2, 0.25) is 0 Å². The molecule has 2 rings (SSSR count). The highest BCUT2D eigenvalue weighted by atomic mass is 32.2. The molecule has 0 aliphatic carbocycles. The first-order chi connectivity index (χ1) is 10.4. The molecule has 1 atom stereocenters. The molecule has 2 aromatic rings. The van der Waals surface area contributed by atoms with Crippen LogP contribution in [-0.4, -0.2) is 40.6 Å². The molecule has 118 valence electrons. The summed E-state index contributed by atoms with van der Waals surface area (Å²) in [4.78, 5) is 15.8. The number of nitrogens with zero attached hydrogens (tertiary/aromatic N) is 3. The summed E-state index contributed by atoms with van der Waals surface area (Å²) >= 11 is 0. The normalized spacial score (nSPS) is 12.8. The third kappa shape index (κ3) is 4.14. The van der Waals surface area contributed by atoms with Crippen molar-refractivity contribution in [3.8, 4) is 0 Å². The van der Waals surface area contributed by atoms with Crippen molar-refractivity contribution in [1.82, 2.24) is 20.1 Å². The molecule has 1 amide bonds. The van der Waals surface area contributed by atoms with Crippen molar-refractivity contribution in [3.05, 3.63) is 48.0 Å². The number of carbonyl (C=O) groups excluding carboxylic acids is 1. The second-order valence-electron chi connectivity index (χ2n) is 5.05. The van der Waals surface area contributed by atoms with Crippen LogP contribution in [0, 0.1) is 0 Å². The maximum Gasteiger partial charge on any atom is 0.238 e. The summed E-state index contributed by atoms with van der Waals surface area (Å²) in [6, 6.07) is 7.59. The van der Waals surface area contributed by atoms with Crippen molar-refractivity contribution in [2.75, 3.05) is 6.26 Å². The zero-order valence-corrected chi connectivity index (χ0v) is 13.2. The van der Waals surface area contributed by atoms with Crippen LogP contribution < -0.4 is 5.32 Å². The van der Waals surface area contributed by atoms with Gasteiger partial charge in [-0.15, -0.1) is 0 Å². The van der Waals surface area contributed by atoms with E-state index >= 15 is 0 Å². The molecular weight excluding hydrogens is 304 g/mol. The van der Waals surface area contributed by atoms with Crippen LogP contribution >= 0.6 is 0 Å². The van der Waals surface area contributed by atoms with Gasteiger partial charge in [-0.3, -0.25) is 4.79 Å². The Kier molecular flexibility index (Phi) is 4.92. The molecule has 8 heteroatoms. The Bertz CT molecular complexity index is 741. The van der Waals surface area contributed by atoms with Gasteiger partial charge in [0.15, 0.2) is 9.84 Å². The molecule has 0 saturated heterocycles. The van der Waals surface area contributed by atoms with E-state index in [1.807, 2.05) is 24.3 Å². The molecule has 0 aliphatic rings. The molecule has 1 unspecified atom stereocenters. The quantitative estimate of drug-likeness (QED) is 0.829. The van der Waals surface area contributed by atoms with Crippen LogP contribution in [0.1, 0.15) is 18.1 Å². The first-order valence-corrected chi connectivity index (χ1v) is 8.69. The standard InChI is InChI=1S/C14H18N4O3S/c1-11(22(2,20)21)14(19)16-7-12-5-3-4-6-13(12)8-18-10-15-9-17-18/h3-6,9-11H,7-8H2,1-2H3,(H,16,19). The molecule has 0 aliphatic heterocycles. The Balaban J connectivity index is 2.06. The summed E-state index contributed by atoms with van der Waals surface area (Å²) in [5, 5.41) is 5.65. The van der Waals surface area contributed by atoms with Crippen LogP contribution in [0.3, 0.4) is 0 Å². The maximum absolute atomic E-state index is 11.9. The van der Waals surface area contributed by atoms with Crippen LogP contribution in [0.25, 0.3) is 0 Å². The first kappa shape index (κ1) is 16.2. The number of sulfone groups is 1. The Hall–Kier alpha value is -2.22. The SMILES string of the molecule is CC(C(=O)NCc1ccccc1Cn1cncn1)S(C)(=O)=O. The van der Waals surface area contributed by atoms with Crippen LogP contribution in [0.15, 0.2) is 36.9 Å². The summed E-state index contributed by atoms with van der Waals surface area (Å²) < 4.78 is 24.4. The molecule has 1 N–H and O–H groups in total. The average Bonchev–Trinajstić information content (AvgIpc) is 2.97. The highest BCUT2D eigenvalue weighted by molar-refractivity contribution is 7.92. The summed E-state index contributed by atoms with van der Waals surface area (Å²) in [6.07, 6.45) is 4.12. The van der Waals surface area contributed by atoms with E-state index in [0.717, 1.165) is 17.4 Å². The number of carbonyl (C=O) groups is 1. The number of hydrogen-bond donors (Lipinski definition) is 1. The van der Waals surface area contributed by atoms with Gasteiger partial charge in [0.1, 0.15) is 17.9 Å². The topological polar surface area (TPSA) is 93.9 Å². The van der Waals surface area contributed by atoms with Gasteiger partial charge in [-0.05, 0) is 18.1 Å². The Morgan fingerprint density at radius 2 is 2.00 bits per heavy atom. The van der Waals surface area contributed by atoms with E-state index in [4.69, 9.17) is 0 Å². The fraction of sp³-hybridized carbons (Fsp3) is 0.357. The van der Waals surface area contributed by atoms with Gasteiger partial charge in [0.2, 0.25) is 5.91 Å². The van der Waals surface area contributed by atoms with Gasteiger partial charge in [-0.25, -0.2) is 18.1 Å². The Morgan fingerprint density at radius 1 is 1.32 bits per heavy atom. The fourth-order valence-corrected chi connectivity index (χ4v) is 2.37. The zero-order valence-electron chi connectivity index (χ0n) is 12.4. The number of amides is 1. The molecular formula is C14H18N4O3S. The highest BCUT2D eigenvalue weighted by Crippen LogP contribution is 2.10. The molecule has 0 spiro atoms. The summed E-state index contributed by atoms with van der Waals surface area (Å²) in [5.41, 5.74) is 1.90. The van der Waals surface area contributed by atoms with Crippen molar-refractivity contribution in [3.63, 3.8) is 0 Å². The minimum atomic E-state index is -3.39. The van der Waals surface area contributed by atoms with E-state index in [1.165, 1.54) is 13.3 Å². The molecule has 0 saturated carbocycles. The summed E-state index contributed by atoms with van der Waals surface area (Å²) in [6.45, 7) is 2.18. The van der Waals surface area contributed by atoms with Gasteiger partial charge in [-0.2, -0.15) is 5.10 Å². The molecule has 0 radical (unpaired) electrons. The van der Waals surface area contributed by atoms with E-state index in [1.54, 1.807) is 11.0 Å². The predicted molar refractivity (Wildman–Crippen MR) is 81.7 cm³/mol. The lowest BCUT2D eigenvalue weighted by Crippen LogP contribution is -2.37. The van der Waals surface area contributed by atoms with Crippen molar-refractivity contribution in [2.24, 2.45) is 0 Å². The summed E-state index contributed by atoms with van der Waals surface area (Å²) in [5.74, 6) is -0.502. The zero-order chi connectivity index (χ0) is 16.2. The molecule has 7 nitrogen and oxygen atoms in total. The molecule has 1 heterocycles.